The van der Waals surface area contributed by atoms with Gasteiger partial charge >= 0.3 is 6.03 Å². The summed E-state index contributed by atoms with van der Waals surface area (Å²) in [6.07, 6.45) is 2.13. The van der Waals surface area contributed by atoms with Crippen LogP contribution in [0.5, 0.6) is 0 Å². The SMILES string of the molecule is CN(Cc1nc2cc(C(=O)N3CCCC3)ccc2n1C)C(=O)Nc1ccccc1Br. The van der Waals surface area contributed by atoms with Crippen molar-refractivity contribution in [1.29, 1.82) is 0 Å². The van der Waals surface area contributed by atoms with E-state index in [0.29, 0.717) is 17.8 Å². The zero-order valence-corrected chi connectivity index (χ0v) is 18.6. The number of fused-ring (bicyclic) bond motifs is 1. The molecule has 30 heavy (non-hydrogen) atoms. The van der Waals surface area contributed by atoms with Crippen LogP contribution in [-0.2, 0) is 13.6 Å². The molecule has 3 amide bonds. The van der Waals surface area contributed by atoms with Crippen molar-refractivity contribution in [2.75, 3.05) is 25.5 Å². The molecule has 0 saturated carbocycles. The van der Waals surface area contributed by atoms with E-state index in [-0.39, 0.29) is 11.9 Å². The molecule has 0 spiro atoms. The van der Waals surface area contributed by atoms with Crippen LogP contribution in [0.1, 0.15) is 29.0 Å². The molecule has 0 atom stereocenters. The highest BCUT2D eigenvalue weighted by Gasteiger charge is 2.21. The summed E-state index contributed by atoms with van der Waals surface area (Å²) in [5, 5.41) is 2.89. The van der Waals surface area contributed by atoms with Crippen LogP contribution in [-0.4, -0.2) is 51.4 Å². The minimum atomic E-state index is -0.223. The van der Waals surface area contributed by atoms with Crippen LogP contribution < -0.4 is 5.32 Å². The first-order chi connectivity index (χ1) is 14.4. The Morgan fingerprint density at radius 1 is 1.17 bits per heavy atom. The number of urea groups is 1. The number of nitrogens with one attached hydrogen (secondary N) is 1. The molecular weight excluding hydrogens is 446 g/mol. The summed E-state index contributed by atoms with van der Waals surface area (Å²) in [6.45, 7) is 1.99. The number of likely N-dealkylation sites (tertiary alicyclic amines) is 1. The Bertz CT molecular complexity index is 1100. The van der Waals surface area contributed by atoms with Crippen LogP contribution in [0, 0.1) is 0 Å². The summed E-state index contributed by atoms with van der Waals surface area (Å²) in [5.74, 6) is 0.812. The predicted octanol–water partition coefficient (Wildman–Crippen LogP) is 4.24. The third-order valence-corrected chi connectivity index (χ3v) is 6.15. The van der Waals surface area contributed by atoms with E-state index in [0.717, 1.165) is 47.3 Å². The summed E-state index contributed by atoms with van der Waals surface area (Å²) in [5.41, 5.74) is 3.07. The Labute approximate surface area is 183 Å². The molecule has 1 aromatic heterocycles. The van der Waals surface area contributed by atoms with Gasteiger partial charge in [-0.05, 0) is 59.1 Å². The second kappa shape index (κ2) is 8.47. The Kier molecular flexibility index (Phi) is 5.76. The number of para-hydroxylation sites is 1. The number of carbonyl (C=O) groups excluding carboxylic acids is 2. The molecule has 3 aromatic rings. The molecule has 4 rings (SSSR count). The van der Waals surface area contributed by atoms with E-state index in [1.807, 2.05) is 59.0 Å². The number of carbonyl (C=O) groups is 2. The summed E-state index contributed by atoms with van der Waals surface area (Å²) in [4.78, 5) is 33.4. The minimum Gasteiger partial charge on any atom is -0.339 e. The second-order valence-corrected chi connectivity index (χ2v) is 8.41. The number of hydrogen-bond donors (Lipinski definition) is 1. The average molecular weight is 470 g/mol. The Morgan fingerprint density at radius 2 is 1.90 bits per heavy atom. The molecule has 2 heterocycles. The maximum absolute atomic E-state index is 12.7. The molecule has 2 aromatic carbocycles. The largest absolute Gasteiger partial charge is 0.339 e. The summed E-state index contributed by atoms with van der Waals surface area (Å²) >= 11 is 3.44. The third kappa shape index (κ3) is 4.05. The number of benzene rings is 2. The van der Waals surface area contributed by atoms with E-state index in [1.54, 1.807) is 11.9 Å². The standard InChI is InChI=1S/C22H24BrN5O2/c1-26(22(30)25-17-8-4-3-7-16(17)23)14-20-24-18-13-15(9-10-19(18)27(20)2)21(29)28-11-5-6-12-28/h3-4,7-10,13H,5-6,11-12,14H2,1-2H3,(H,25,30). The second-order valence-electron chi connectivity index (χ2n) is 7.56. The van der Waals surface area contributed by atoms with Gasteiger partial charge in [0.15, 0.2) is 0 Å². The first-order valence-electron chi connectivity index (χ1n) is 9.95. The number of amides is 3. The van der Waals surface area contributed by atoms with Crippen molar-refractivity contribution in [2.24, 2.45) is 7.05 Å². The normalized spacial score (nSPS) is 13.6. The highest BCUT2D eigenvalue weighted by atomic mass is 79.9. The molecule has 1 aliphatic rings. The highest BCUT2D eigenvalue weighted by Crippen LogP contribution is 2.23. The van der Waals surface area contributed by atoms with E-state index in [4.69, 9.17) is 4.98 Å². The van der Waals surface area contributed by atoms with Crippen molar-refractivity contribution >= 4 is 44.6 Å². The van der Waals surface area contributed by atoms with Crippen molar-refractivity contribution in [3.05, 3.63) is 58.3 Å². The quantitative estimate of drug-likeness (QED) is 0.621. The number of hydrogen-bond acceptors (Lipinski definition) is 3. The molecule has 8 heteroatoms. The first kappa shape index (κ1) is 20.4. The number of anilines is 1. The van der Waals surface area contributed by atoms with Gasteiger partial charge in [0.2, 0.25) is 0 Å². The lowest BCUT2D eigenvalue weighted by molar-refractivity contribution is 0.0793. The van der Waals surface area contributed by atoms with Gasteiger partial charge in [-0.1, -0.05) is 12.1 Å². The molecule has 1 aliphatic heterocycles. The zero-order valence-electron chi connectivity index (χ0n) is 17.1. The lowest BCUT2D eigenvalue weighted by Crippen LogP contribution is -2.31. The fraction of sp³-hybridized carbons (Fsp3) is 0.318. The van der Waals surface area contributed by atoms with Crippen LogP contribution >= 0.6 is 15.9 Å². The van der Waals surface area contributed by atoms with Crippen molar-refractivity contribution in [2.45, 2.75) is 19.4 Å². The summed E-state index contributed by atoms with van der Waals surface area (Å²) in [6, 6.07) is 12.9. The van der Waals surface area contributed by atoms with Crippen molar-refractivity contribution < 1.29 is 9.59 Å². The molecule has 0 unspecified atom stereocenters. The fourth-order valence-electron chi connectivity index (χ4n) is 3.68. The lowest BCUT2D eigenvalue weighted by Gasteiger charge is -2.18. The number of aryl methyl sites for hydroxylation is 1. The van der Waals surface area contributed by atoms with Gasteiger partial charge in [0.25, 0.3) is 5.91 Å². The van der Waals surface area contributed by atoms with Gasteiger partial charge in [0.05, 0.1) is 23.3 Å². The maximum atomic E-state index is 12.7. The number of aromatic nitrogens is 2. The number of nitrogens with zero attached hydrogens (tertiary/aromatic N) is 4. The van der Waals surface area contributed by atoms with E-state index in [1.165, 1.54) is 0 Å². The topological polar surface area (TPSA) is 70.5 Å². The molecule has 156 valence electrons. The van der Waals surface area contributed by atoms with Crippen LogP contribution in [0.2, 0.25) is 0 Å². The van der Waals surface area contributed by atoms with Gasteiger partial charge in [-0.25, -0.2) is 9.78 Å². The van der Waals surface area contributed by atoms with Gasteiger partial charge in [0.1, 0.15) is 5.82 Å². The Balaban J connectivity index is 1.51. The lowest BCUT2D eigenvalue weighted by atomic mass is 10.2. The monoisotopic (exact) mass is 469 g/mol. The van der Waals surface area contributed by atoms with Gasteiger partial charge < -0.3 is 19.7 Å². The molecule has 0 aliphatic carbocycles. The van der Waals surface area contributed by atoms with Gasteiger partial charge in [-0.15, -0.1) is 0 Å². The van der Waals surface area contributed by atoms with Crippen LogP contribution in [0.25, 0.3) is 11.0 Å². The molecule has 7 nitrogen and oxygen atoms in total. The van der Waals surface area contributed by atoms with E-state index in [2.05, 4.69) is 21.2 Å². The molecule has 0 bridgehead atoms. The molecule has 1 fully saturated rings. The number of halogens is 1. The Hall–Kier alpha value is -2.87. The summed E-state index contributed by atoms with van der Waals surface area (Å²) in [7, 11) is 3.65. The van der Waals surface area contributed by atoms with Gasteiger partial charge in [0, 0.05) is 37.2 Å². The van der Waals surface area contributed by atoms with Crippen molar-refractivity contribution in [3.8, 4) is 0 Å². The molecule has 1 N–H and O–H groups in total. The average Bonchev–Trinajstić information content (AvgIpc) is 3.38. The Morgan fingerprint density at radius 3 is 2.63 bits per heavy atom. The maximum Gasteiger partial charge on any atom is 0.322 e. The van der Waals surface area contributed by atoms with Gasteiger partial charge in [-0.2, -0.15) is 0 Å². The van der Waals surface area contributed by atoms with E-state index in [9.17, 15) is 9.59 Å². The van der Waals surface area contributed by atoms with Crippen LogP contribution in [0.15, 0.2) is 46.9 Å². The van der Waals surface area contributed by atoms with Crippen LogP contribution in [0.3, 0.4) is 0 Å². The smallest absolute Gasteiger partial charge is 0.322 e. The molecular formula is C22H24BrN5O2. The van der Waals surface area contributed by atoms with Crippen molar-refractivity contribution in [3.63, 3.8) is 0 Å². The first-order valence-corrected chi connectivity index (χ1v) is 10.7. The fourth-order valence-corrected chi connectivity index (χ4v) is 4.07. The number of imidazole rings is 1. The predicted molar refractivity (Wildman–Crippen MR) is 120 cm³/mol. The summed E-state index contributed by atoms with van der Waals surface area (Å²) < 4.78 is 2.78. The van der Waals surface area contributed by atoms with Crippen LogP contribution in [0.4, 0.5) is 10.5 Å². The molecule has 1 saturated heterocycles. The molecule has 0 radical (unpaired) electrons. The van der Waals surface area contributed by atoms with Gasteiger partial charge in [-0.3, -0.25) is 4.79 Å². The van der Waals surface area contributed by atoms with E-state index >= 15 is 0 Å². The third-order valence-electron chi connectivity index (χ3n) is 5.45. The minimum absolute atomic E-state index is 0.0616. The zero-order chi connectivity index (χ0) is 21.3. The highest BCUT2D eigenvalue weighted by molar-refractivity contribution is 9.10. The number of rotatable bonds is 4. The van der Waals surface area contributed by atoms with E-state index < -0.39 is 0 Å². The van der Waals surface area contributed by atoms with Crippen molar-refractivity contribution in [1.82, 2.24) is 19.4 Å².